The fourth-order valence-electron chi connectivity index (χ4n) is 2.56. The highest BCUT2D eigenvalue weighted by molar-refractivity contribution is 9.10. The van der Waals surface area contributed by atoms with Crippen molar-refractivity contribution in [3.63, 3.8) is 0 Å². The van der Waals surface area contributed by atoms with Gasteiger partial charge in [-0.25, -0.2) is 4.98 Å². The van der Waals surface area contributed by atoms with E-state index in [1.807, 2.05) is 13.0 Å². The van der Waals surface area contributed by atoms with Crippen LogP contribution in [0, 0.1) is 0 Å². The third-order valence-electron chi connectivity index (χ3n) is 3.90. The van der Waals surface area contributed by atoms with Crippen molar-refractivity contribution >= 4 is 50.2 Å². The fraction of sp³-hybridized carbons (Fsp3) is 0.211. The molecule has 0 aliphatic rings. The summed E-state index contributed by atoms with van der Waals surface area (Å²) in [5, 5.41) is 3.91. The average molecular weight is 448 g/mol. The Morgan fingerprint density at radius 2 is 2.00 bits per heavy atom. The van der Waals surface area contributed by atoms with E-state index in [1.165, 1.54) is 11.8 Å². The van der Waals surface area contributed by atoms with E-state index in [9.17, 15) is 9.59 Å². The lowest BCUT2D eigenvalue weighted by atomic mass is 10.2. The second-order valence-electron chi connectivity index (χ2n) is 5.67. The van der Waals surface area contributed by atoms with Gasteiger partial charge in [-0.2, -0.15) is 0 Å². The summed E-state index contributed by atoms with van der Waals surface area (Å²) >= 11 is 4.62. The summed E-state index contributed by atoms with van der Waals surface area (Å²) in [5.74, 6) is 0.708. The number of carbonyl (C=O) groups excluding carboxylic acids is 1. The van der Waals surface area contributed by atoms with Crippen LogP contribution >= 0.6 is 27.7 Å². The smallest absolute Gasteiger partial charge is 0.262 e. The van der Waals surface area contributed by atoms with Crippen molar-refractivity contribution in [2.24, 2.45) is 0 Å². The number of halogens is 1. The number of amides is 1. The van der Waals surface area contributed by atoms with E-state index in [0.29, 0.717) is 28.3 Å². The molecular formula is C19H18BrN3O3S. The minimum atomic E-state index is -0.169. The molecule has 27 heavy (non-hydrogen) atoms. The minimum Gasteiger partial charge on any atom is -0.497 e. The Labute approximate surface area is 169 Å². The summed E-state index contributed by atoms with van der Waals surface area (Å²) in [4.78, 5) is 29.5. The van der Waals surface area contributed by atoms with Gasteiger partial charge in [0.2, 0.25) is 5.91 Å². The molecule has 0 atom stereocenters. The number of hydrogen-bond donors (Lipinski definition) is 1. The Hall–Kier alpha value is -2.32. The van der Waals surface area contributed by atoms with E-state index in [4.69, 9.17) is 4.74 Å². The van der Waals surface area contributed by atoms with Gasteiger partial charge in [-0.05, 0) is 49.4 Å². The quantitative estimate of drug-likeness (QED) is 0.457. The lowest BCUT2D eigenvalue weighted by molar-refractivity contribution is -0.113. The molecule has 0 saturated carbocycles. The summed E-state index contributed by atoms with van der Waals surface area (Å²) in [7, 11) is 1.59. The van der Waals surface area contributed by atoms with Gasteiger partial charge in [0.15, 0.2) is 5.16 Å². The summed E-state index contributed by atoms with van der Waals surface area (Å²) < 4.78 is 7.51. The number of nitrogens with one attached hydrogen (secondary N) is 1. The first kappa shape index (κ1) is 19.4. The van der Waals surface area contributed by atoms with Crippen LogP contribution in [0.2, 0.25) is 0 Å². The summed E-state index contributed by atoms with van der Waals surface area (Å²) in [6, 6.07) is 12.5. The van der Waals surface area contributed by atoms with E-state index in [-0.39, 0.29) is 17.2 Å². The lowest BCUT2D eigenvalue weighted by Crippen LogP contribution is -2.23. The molecule has 0 spiro atoms. The van der Waals surface area contributed by atoms with Crippen LogP contribution < -0.4 is 15.6 Å². The first-order valence-electron chi connectivity index (χ1n) is 8.28. The van der Waals surface area contributed by atoms with E-state index >= 15 is 0 Å². The van der Waals surface area contributed by atoms with Gasteiger partial charge in [-0.3, -0.25) is 14.2 Å². The van der Waals surface area contributed by atoms with Gasteiger partial charge in [-0.15, -0.1) is 0 Å². The molecule has 0 saturated heterocycles. The predicted molar refractivity (Wildman–Crippen MR) is 112 cm³/mol. The molecule has 3 aromatic rings. The van der Waals surface area contributed by atoms with E-state index in [1.54, 1.807) is 48.1 Å². The van der Waals surface area contributed by atoms with Crippen LogP contribution in [0.4, 0.5) is 5.69 Å². The molecule has 0 aliphatic carbocycles. The molecule has 8 heteroatoms. The number of methoxy groups -OCH3 is 1. The number of anilines is 1. The molecule has 1 aromatic heterocycles. The highest BCUT2D eigenvalue weighted by Crippen LogP contribution is 2.21. The van der Waals surface area contributed by atoms with E-state index in [2.05, 4.69) is 26.2 Å². The maximum atomic E-state index is 12.7. The zero-order chi connectivity index (χ0) is 19.4. The van der Waals surface area contributed by atoms with Crippen molar-refractivity contribution in [3.8, 4) is 5.75 Å². The van der Waals surface area contributed by atoms with Gasteiger partial charge in [0.05, 0.1) is 23.8 Å². The number of benzene rings is 2. The molecule has 0 aliphatic heterocycles. The summed E-state index contributed by atoms with van der Waals surface area (Å²) in [6.45, 7) is 2.37. The maximum absolute atomic E-state index is 12.7. The number of fused-ring (bicyclic) bond motifs is 1. The second kappa shape index (κ2) is 8.58. The largest absolute Gasteiger partial charge is 0.497 e. The van der Waals surface area contributed by atoms with Crippen molar-refractivity contribution in [2.45, 2.75) is 18.6 Å². The standard InChI is InChI=1S/C19H18BrN3O3S/c1-3-23-18(25)15-10-12(20)4-9-16(15)22-19(23)27-11-17(24)21-13-5-7-14(26-2)8-6-13/h4-10H,3,11H2,1-2H3,(H,21,24). The zero-order valence-electron chi connectivity index (χ0n) is 14.9. The monoisotopic (exact) mass is 447 g/mol. The fourth-order valence-corrected chi connectivity index (χ4v) is 3.79. The first-order chi connectivity index (χ1) is 13.0. The number of carbonyl (C=O) groups is 1. The molecule has 3 rings (SSSR count). The molecule has 0 radical (unpaired) electrons. The van der Waals surface area contributed by atoms with Crippen molar-refractivity contribution in [2.75, 3.05) is 18.2 Å². The zero-order valence-corrected chi connectivity index (χ0v) is 17.3. The molecule has 0 fully saturated rings. The van der Waals surface area contributed by atoms with Crippen LogP contribution in [0.3, 0.4) is 0 Å². The number of hydrogen-bond acceptors (Lipinski definition) is 5. The van der Waals surface area contributed by atoms with Crippen molar-refractivity contribution in [1.29, 1.82) is 0 Å². The van der Waals surface area contributed by atoms with Gasteiger partial charge in [0.25, 0.3) is 5.56 Å². The predicted octanol–water partition coefficient (Wildman–Crippen LogP) is 3.92. The van der Waals surface area contributed by atoms with Crippen LogP contribution in [0.25, 0.3) is 10.9 Å². The molecule has 1 amide bonds. The van der Waals surface area contributed by atoms with E-state index < -0.39 is 0 Å². The SMILES string of the molecule is CCn1c(SCC(=O)Nc2ccc(OC)cc2)nc2ccc(Br)cc2c1=O. The van der Waals surface area contributed by atoms with Crippen LogP contribution in [0.15, 0.2) is 56.9 Å². The van der Waals surface area contributed by atoms with Crippen molar-refractivity contribution < 1.29 is 9.53 Å². The molecule has 2 aromatic carbocycles. The van der Waals surface area contributed by atoms with Crippen LogP contribution in [-0.4, -0.2) is 28.3 Å². The summed E-state index contributed by atoms with van der Waals surface area (Å²) in [6.07, 6.45) is 0. The van der Waals surface area contributed by atoms with Gasteiger partial charge >= 0.3 is 0 Å². The summed E-state index contributed by atoms with van der Waals surface area (Å²) in [5.41, 5.74) is 1.19. The van der Waals surface area contributed by atoms with Gasteiger partial charge in [0, 0.05) is 16.7 Å². The highest BCUT2D eigenvalue weighted by atomic mass is 79.9. The average Bonchev–Trinajstić information content (AvgIpc) is 2.67. The topological polar surface area (TPSA) is 73.2 Å². The van der Waals surface area contributed by atoms with Crippen molar-refractivity contribution in [3.05, 3.63) is 57.3 Å². The normalized spacial score (nSPS) is 10.8. The van der Waals surface area contributed by atoms with E-state index in [0.717, 1.165) is 10.2 Å². The molecule has 6 nitrogen and oxygen atoms in total. The molecule has 140 valence electrons. The first-order valence-corrected chi connectivity index (χ1v) is 10.1. The third kappa shape index (κ3) is 4.51. The lowest BCUT2D eigenvalue weighted by Gasteiger charge is -2.11. The maximum Gasteiger partial charge on any atom is 0.262 e. The van der Waals surface area contributed by atoms with Crippen LogP contribution in [0.5, 0.6) is 5.75 Å². The van der Waals surface area contributed by atoms with Gasteiger partial charge in [-0.1, -0.05) is 27.7 Å². The van der Waals surface area contributed by atoms with Gasteiger partial charge < -0.3 is 10.1 Å². The molecular weight excluding hydrogens is 430 g/mol. The Bertz CT molecular complexity index is 1030. The molecule has 0 bridgehead atoms. The van der Waals surface area contributed by atoms with Crippen LogP contribution in [-0.2, 0) is 11.3 Å². The minimum absolute atomic E-state index is 0.109. The number of aromatic nitrogens is 2. The Kier molecular flexibility index (Phi) is 6.18. The highest BCUT2D eigenvalue weighted by Gasteiger charge is 2.13. The second-order valence-corrected chi connectivity index (χ2v) is 7.53. The molecule has 1 N–H and O–H groups in total. The Morgan fingerprint density at radius 1 is 1.26 bits per heavy atom. The molecule has 1 heterocycles. The number of nitrogens with zero attached hydrogens (tertiary/aromatic N) is 2. The van der Waals surface area contributed by atoms with Gasteiger partial charge in [0.1, 0.15) is 5.75 Å². The van der Waals surface area contributed by atoms with Crippen molar-refractivity contribution in [1.82, 2.24) is 9.55 Å². The number of ether oxygens (including phenoxy) is 1. The Morgan fingerprint density at radius 3 is 2.67 bits per heavy atom. The molecule has 0 unspecified atom stereocenters. The Balaban J connectivity index is 1.76. The van der Waals surface area contributed by atoms with Crippen LogP contribution in [0.1, 0.15) is 6.92 Å². The number of thioether (sulfide) groups is 1. The number of rotatable bonds is 6. The third-order valence-corrected chi connectivity index (χ3v) is 5.37.